The predicted octanol–water partition coefficient (Wildman–Crippen LogP) is 5.58. The van der Waals surface area contributed by atoms with Crippen LogP contribution in [0.4, 0.5) is 10.8 Å². The van der Waals surface area contributed by atoms with Gasteiger partial charge in [0.25, 0.3) is 0 Å². The number of anilines is 2. The van der Waals surface area contributed by atoms with Crippen molar-refractivity contribution in [2.75, 3.05) is 5.32 Å². The molecule has 1 atom stereocenters. The number of ether oxygens (including phenoxy) is 2. The molecule has 0 amide bonds. The van der Waals surface area contributed by atoms with Gasteiger partial charge in [0.2, 0.25) is 6.29 Å². The Labute approximate surface area is 172 Å². The molecule has 3 aromatic rings. The summed E-state index contributed by atoms with van der Waals surface area (Å²) in [6.45, 7) is 3.97. The Morgan fingerprint density at radius 3 is 2.86 bits per heavy atom. The van der Waals surface area contributed by atoms with Crippen molar-refractivity contribution in [1.82, 2.24) is 4.98 Å². The molecule has 0 saturated carbocycles. The van der Waals surface area contributed by atoms with Crippen LogP contribution >= 0.6 is 22.9 Å². The molecule has 2 heterocycles. The molecule has 2 aromatic carbocycles. The fourth-order valence-corrected chi connectivity index (χ4v) is 3.84. The fraction of sp³-hybridized carbons (Fsp3) is 0.190. The van der Waals surface area contributed by atoms with Crippen molar-refractivity contribution in [3.63, 3.8) is 0 Å². The van der Waals surface area contributed by atoms with Gasteiger partial charge in [0.1, 0.15) is 11.5 Å². The van der Waals surface area contributed by atoms with Crippen molar-refractivity contribution in [3.05, 3.63) is 64.1 Å². The molecule has 0 fully saturated rings. The lowest BCUT2D eigenvalue weighted by Gasteiger charge is -2.23. The standard InChI is InChI=1S/C21H19ClN2O3S/c1-12(2)26-18-9-4-3-8-16(18)23-21-24-17(11-28-21)14-10-13-6-5-7-15(22)19(13)27-20(14)25/h3-12,20,25H,1-2H3,(H,23,24). The third-order valence-corrected chi connectivity index (χ3v) is 5.15. The van der Waals surface area contributed by atoms with E-state index < -0.39 is 6.29 Å². The SMILES string of the molecule is CC(C)Oc1ccccc1Nc1nc(C2=Cc3cccc(Cl)c3OC2O)cs1. The van der Waals surface area contributed by atoms with Crippen LogP contribution in [0, 0.1) is 0 Å². The predicted molar refractivity (Wildman–Crippen MR) is 114 cm³/mol. The van der Waals surface area contributed by atoms with E-state index in [0.29, 0.717) is 27.2 Å². The maximum absolute atomic E-state index is 10.4. The van der Waals surface area contributed by atoms with Crippen LogP contribution in [0.5, 0.6) is 11.5 Å². The normalized spacial score (nSPS) is 15.6. The van der Waals surface area contributed by atoms with E-state index in [0.717, 1.165) is 17.0 Å². The zero-order chi connectivity index (χ0) is 19.7. The van der Waals surface area contributed by atoms with Crippen molar-refractivity contribution in [2.45, 2.75) is 26.2 Å². The van der Waals surface area contributed by atoms with E-state index in [2.05, 4.69) is 10.3 Å². The van der Waals surface area contributed by atoms with Gasteiger partial charge in [-0.05, 0) is 38.1 Å². The Morgan fingerprint density at radius 1 is 1.21 bits per heavy atom. The first-order chi connectivity index (χ1) is 13.5. The summed E-state index contributed by atoms with van der Waals surface area (Å²) in [6.07, 6.45) is 0.796. The molecule has 0 radical (unpaired) electrons. The molecular formula is C21H19ClN2O3S. The Bertz CT molecular complexity index is 1030. The largest absolute Gasteiger partial charge is 0.489 e. The molecule has 144 valence electrons. The number of aromatic nitrogens is 1. The van der Waals surface area contributed by atoms with Crippen molar-refractivity contribution >= 4 is 45.4 Å². The van der Waals surface area contributed by atoms with Gasteiger partial charge in [-0.2, -0.15) is 0 Å². The maximum Gasteiger partial charge on any atom is 0.226 e. The molecular weight excluding hydrogens is 396 g/mol. The van der Waals surface area contributed by atoms with Gasteiger partial charge >= 0.3 is 0 Å². The van der Waals surface area contributed by atoms with E-state index in [1.54, 1.807) is 6.07 Å². The highest BCUT2D eigenvalue weighted by Crippen LogP contribution is 2.39. The van der Waals surface area contributed by atoms with Crippen LogP contribution in [0.3, 0.4) is 0 Å². The molecule has 0 spiro atoms. The molecule has 2 N–H and O–H groups in total. The van der Waals surface area contributed by atoms with Gasteiger partial charge in [-0.3, -0.25) is 0 Å². The second kappa shape index (κ2) is 7.83. The van der Waals surface area contributed by atoms with Crippen LogP contribution in [0.2, 0.25) is 5.02 Å². The van der Waals surface area contributed by atoms with Gasteiger partial charge in [0.15, 0.2) is 5.13 Å². The first kappa shape index (κ1) is 18.8. The number of hydrogen-bond donors (Lipinski definition) is 2. The molecule has 1 aliphatic heterocycles. The first-order valence-electron chi connectivity index (χ1n) is 8.84. The van der Waals surface area contributed by atoms with Crippen molar-refractivity contribution in [1.29, 1.82) is 0 Å². The third-order valence-electron chi connectivity index (χ3n) is 4.10. The summed E-state index contributed by atoms with van der Waals surface area (Å²) in [5.74, 6) is 1.24. The summed E-state index contributed by atoms with van der Waals surface area (Å²) in [7, 11) is 0. The number of halogens is 1. The first-order valence-corrected chi connectivity index (χ1v) is 10.1. The summed E-state index contributed by atoms with van der Waals surface area (Å²) >= 11 is 7.59. The highest BCUT2D eigenvalue weighted by molar-refractivity contribution is 7.13. The van der Waals surface area contributed by atoms with Gasteiger partial charge < -0.3 is 19.9 Å². The van der Waals surface area contributed by atoms with E-state index in [1.807, 2.05) is 61.7 Å². The van der Waals surface area contributed by atoms with Gasteiger partial charge in [0.05, 0.1) is 22.5 Å². The van der Waals surface area contributed by atoms with Crippen molar-refractivity contribution < 1.29 is 14.6 Å². The zero-order valence-corrected chi connectivity index (χ0v) is 16.9. The second-order valence-corrected chi connectivity index (χ2v) is 7.82. The summed E-state index contributed by atoms with van der Waals surface area (Å²) in [5.41, 5.74) is 2.88. The Balaban J connectivity index is 1.60. The van der Waals surface area contributed by atoms with E-state index in [1.165, 1.54) is 11.3 Å². The number of para-hydroxylation sites is 3. The average molecular weight is 415 g/mol. The van der Waals surface area contributed by atoms with E-state index in [4.69, 9.17) is 21.1 Å². The Kier molecular flexibility index (Phi) is 5.26. The number of fused-ring (bicyclic) bond motifs is 1. The molecule has 1 aromatic heterocycles. The number of hydrogen-bond acceptors (Lipinski definition) is 6. The van der Waals surface area contributed by atoms with E-state index >= 15 is 0 Å². The highest BCUT2D eigenvalue weighted by Gasteiger charge is 2.25. The summed E-state index contributed by atoms with van der Waals surface area (Å²) in [6, 6.07) is 13.2. The molecule has 1 aliphatic rings. The number of nitrogens with one attached hydrogen (secondary N) is 1. The number of aliphatic hydroxyl groups excluding tert-OH is 1. The maximum atomic E-state index is 10.4. The summed E-state index contributed by atoms with van der Waals surface area (Å²) in [5, 5.41) is 16.7. The molecule has 7 heteroatoms. The van der Waals surface area contributed by atoms with Crippen LogP contribution in [0.25, 0.3) is 11.6 Å². The lowest BCUT2D eigenvalue weighted by molar-refractivity contribution is 0.0318. The smallest absolute Gasteiger partial charge is 0.226 e. The van der Waals surface area contributed by atoms with Gasteiger partial charge in [-0.25, -0.2) is 4.98 Å². The Hall–Kier alpha value is -2.54. The second-order valence-electron chi connectivity index (χ2n) is 6.55. The number of rotatable bonds is 5. The number of aliphatic hydroxyl groups is 1. The summed E-state index contributed by atoms with van der Waals surface area (Å²) < 4.78 is 11.4. The third kappa shape index (κ3) is 3.85. The lowest BCUT2D eigenvalue weighted by Crippen LogP contribution is -2.21. The molecule has 4 rings (SSSR count). The van der Waals surface area contributed by atoms with E-state index in [9.17, 15) is 5.11 Å². The number of thiazole rings is 1. The topological polar surface area (TPSA) is 63.6 Å². The molecule has 0 aliphatic carbocycles. The van der Waals surface area contributed by atoms with Crippen molar-refractivity contribution in [3.8, 4) is 11.5 Å². The minimum atomic E-state index is -1.13. The zero-order valence-electron chi connectivity index (χ0n) is 15.3. The average Bonchev–Trinajstić information content (AvgIpc) is 3.11. The fourth-order valence-electron chi connectivity index (χ4n) is 2.88. The molecule has 28 heavy (non-hydrogen) atoms. The van der Waals surface area contributed by atoms with E-state index in [-0.39, 0.29) is 6.10 Å². The highest BCUT2D eigenvalue weighted by atomic mass is 35.5. The van der Waals surface area contributed by atoms with Crippen molar-refractivity contribution in [2.24, 2.45) is 0 Å². The molecule has 5 nitrogen and oxygen atoms in total. The van der Waals surface area contributed by atoms with Crippen LogP contribution in [-0.4, -0.2) is 22.5 Å². The quantitative estimate of drug-likeness (QED) is 0.570. The van der Waals surface area contributed by atoms with Gasteiger partial charge in [-0.1, -0.05) is 35.9 Å². The monoisotopic (exact) mass is 414 g/mol. The summed E-state index contributed by atoms with van der Waals surface area (Å²) in [4.78, 5) is 4.61. The van der Waals surface area contributed by atoms with Crippen LogP contribution in [0.1, 0.15) is 25.1 Å². The van der Waals surface area contributed by atoms with Crippen LogP contribution in [0.15, 0.2) is 47.8 Å². The van der Waals surface area contributed by atoms with Gasteiger partial charge in [0, 0.05) is 16.5 Å². The Morgan fingerprint density at radius 2 is 2.04 bits per heavy atom. The number of nitrogens with zero attached hydrogens (tertiary/aromatic N) is 1. The van der Waals surface area contributed by atoms with Crippen LogP contribution in [-0.2, 0) is 0 Å². The molecule has 0 bridgehead atoms. The minimum Gasteiger partial charge on any atom is -0.489 e. The molecule has 0 saturated heterocycles. The van der Waals surface area contributed by atoms with Crippen LogP contribution < -0.4 is 14.8 Å². The number of benzene rings is 2. The minimum absolute atomic E-state index is 0.0707. The van der Waals surface area contributed by atoms with Gasteiger partial charge in [-0.15, -0.1) is 11.3 Å². The lowest BCUT2D eigenvalue weighted by atomic mass is 10.0. The molecule has 1 unspecified atom stereocenters.